The number of rotatable bonds is 4. The maximum Gasteiger partial charge on any atom is 0.127 e. The van der Waals surface area contributed by atoms with Crippen molar-refractivity contribution in [2.24, 2.45) is 5.92 Å². The highest BCUT2D eigenvalue weighted by Gasteiger charge is 2.11. The molecule has 0 atom stereocenters. The van der Waals surface area contributed by atoms with Crippen molar-refractivity contribution in [2.75, 3.05) is 6.61 Å². The van der Waals surface area contributed by atoms with Crippen LogP contribution in [0.3, 0.4) is 0 Å². The van der Waals surface area contributed by atoms with E-state index in [-0.39, 0.29) is 0 Å². The molecule has 1 fully saturated rings. The summed E-state index contributed by atoms with van der Waals surface area (Å²) >= 11 is 0. The third-order valence-electron chi connectivity index (χ3n) is 4.01. The maximum atomic E-state index is 5.26. The van der Waals surface area contributed by atoms with E-state index in [1.807, 2.05) is 6.92 Å². The van der Waals surface area contributed by atoms with E-state index in [4.69, 9.17) is 4.74 Å². The molecule has 0 aromatic heterocycles. The zero-order valence-electron chi connectivity index (χ0n) is 11.9. The zero-order valence-corrected chi connectivity index (χ0v) is 11.9. The molecule has 0 N–H and O–H groups in total. The van der Waals surface area contributed by atoms with Crippen LogP contribution in [0.4, 0.5) is 0 Å². The summed E-state index contributed by atoms with van der Waals surface area (Å²) in [4.78, 5) is 0. The summed E-state index contributed by atoms with van der Waals surface area (Å²) in [7, 11) is 0. The molecular formula is C17H26O. The molecule has 3 rings (SSSR count). The van der Waals surface area contributed by atoms with E-state index < -0.39 is 0 Å². The van der Waals surface area contributed by atoms with E-state index in [1.165, 1.54) is 55.4 Å². The van der Waals surface area contributed by atoms with Gasteiger partial charge in [0.1, 0.15) is 5.75 Å². The SMILES string of the molecule is CCCC1CCCCC1.CCOc1cc2ccc1=2. The molecule has 3 aliphatic carbocycles. The Morgan fingerprint density at radius 2 is 1.89 bits per heavy atom. The summed E-state index contributed by atoms with van der Waals surface area (Å²) < 4.78 is 5.26. The lowest BCUT2D eigenvalue weighted by atomic mass is 9.86. The Bertz CT molecular complexity index is 440. The van der Waals surface area contributed by atoms with Crippen molar-refractivity contribution in [1.82, 2.24) is 0 Å². The first-order valence-corrected chi connectivity index (χ1v) is 7.62. The highest BCUT2D eigenvalue weighted by Crippen LogP contribution is 2.26. The zero-order chi connectivity index (χ0) is 12.8. The Kier molecular flexibility index (Phi) is 5.10. The number of hydrogen-bond donors (Lipinski definition) is 0. The summed E-state index contributed by atoms with van der Waals surface area (Å²) in [5.41, 5.74) is 0. The van der Waals surface area contributed by atoms with Crippen molar-refractivity contribution < 1.29 is 4.74 Å². The smallest absolute Gasteiger partial charge is 0.127 e. The number of benzene rings is 1. The maximum absolute atomic E-state index is 5.26. The summed E-state index contributed by atoms with van der Waals surface area (Å²) in [5.74, 6) is 2.17. The van der Waals surface area contributed by atoms with Gasteiger partial charge in [-0.15, -0.1) is 0 Å². The first kappa shape index (κ1) is 13.5. The van der Waals surface area contributed by atoms with Crippen LogP contribution in [0, 0.1) is 16.4 Å². The fourth-order valence-corrected chi connectivity index (χ4v) is 2.91. The summed E-state index contributed by atoms with van der Waals surface area (Å²) in [6.45, 7) is 5.08. The van der Waals surface area contributed by atoms with Gasteiger partial charge in [-0.1, -0.05) is 64.0 Å². The minimum Gasteiger partial charge on any atom is -0.493 e. The minimum atomic E-state index is 0.774. The van der Waals surface area contributed by atoms with Gasteiger partial charge in [-0.25, -0.2) is 0 Å². The molecule has 0 unspecified atom stereocenters. The quantitative estimate of drug-likeness (QED) is 0.733. The predicted octanol–water partition coefficient (Wildman–Crippen LogP) is 5.05. The van der Waals surface area contributed by atoms with E-state index in [9.17, 15) is 0 Å². The molecule has 0 aliphatic heterocycles. The van der Waals surface area contributed by atoms with Gasteiger partial charge >= 0.3 is 0 Å². The average molecular weight is 246 g/mol. The topological polar surface area (TPSA) is 9.23 Å². The molecule has 0 heterocycles. The van der Waals surface area contributed by atoms with Crippen molar-refractivity contribution >= 4 is 0 Å². The molecule has 0 spiro atoms. The second kappa shape index (κ2) is 6.82. The van der Waals surface area contributed by atoms with Gasteiger partial charge in [-0.2, -0.15) is 0 Å². The Labute approximate surface area is 111 Å². The van der Waals surface area contributed by atoms with Gasteiger partial charge in [0.25, 0.3) is 0 Å². The van der Waals surface area contributed by atoms with Crippen molar-refractivity contribution in [3.8, 4) is 5.75 Å². The third-order valence-corrected chi connectivity index (χ3v) is 4.01. The fraction of sp³-hybridized carbons (Fsp3) is 0.647. The van der Waals surface area contributed by atoms with Crippen LogP contribution in [0.15, 0.2) is 18.2 Å². The molecule has 0 bridgehead atoms. The van der Waals surface area contributed by atoms with Gasteiger partial charge < -0.3 is 4.74 Å². The molecule has 0 radical (unpaired) electrons. The number of hydrogen-bond acceptors (Lipinski definition) is 1. The molecule has 18 heavy (non-hydrogen) atoms. The van der Waals surface area contributed by atoms with E-state index in [0.717, 1.165) is 18.3 Å². The predicted molar refractivity (Wildman–Crippen MR) is 76.8 cm³/mol. The number of ether oxygens (including phenoxy) is 1. The second-order valence-electron chi connectivity index (χ2n) is 5.44. The van der Waals surface area contributed by atoms with Crippen LogP contribution in [0.1, 0.15) is 58.8 Å². The standard InChI is InChI=1S/C9H18.C8H8O/c1-2-6-9-7-4-3-5-8-9;1-2-9-8-5-6-3-4-7(6)8/h9H,2-8H2,1H3;3-5H,2H2,1H3. The third kappa shape index (κ3) is 3.28. The molecule has 0 aromatic rings. The van der Waals surface area contributed by atoms with Crippen LogP contribution in [0.25, 0.3) is 0 Å². The van der Waals surface area contributed by atoms with Gasteiger partial charge in [0, 0.05) is 5.22 Å². The Morgan fingerprint density at radius 1 is 1.11 bits per heavy atom. The minimum absolute atomic E-state index is 0.774. The van der Waals surface area contributed by atoms with Crippen LogP contribution in [0.2, 0.25) is 0 Å². The first-order valence-electron chi connectivity index (χ1n) is 7.62. The molecule has 100 valence electrons. The highest BCUT2D eigenvalue weighted by atomic mass is 16.5. The van der Waals surface area contributed by atoms with Gasteiger partial charge in [0.05, 0.1) is 6.61 Å². The molecule has 0 amide bonds. The lowest BCUT2D eigenvalue weighted by molar-refractivity contribution is 0.334. The largest absolute Gasteiger partial charge is 0.493 e. The van der Waals surface area contributed by atoms with Crippen LogP contribution in [-0.4, -0.2) is 6.61 Å². The van der Waals surface area contributed by atoms with Gasteiger partial charge in [0.15, 0.2) is 0 Å². The molecule has 0 aromatic carbocycles. The summed E-state index contributed by atoms with van der Waals surface area (Å²) in [5, 5.41) is 2.65. The highest BCUT2D eigenvalue weighted by molar-refractivity contribution is 5.38. The normalized spacial score (nSPS) is 16.8. The van der Waals surface area contributed by atoms with Crippen LogP contribution >= 0.6 is 0 Å². The molecular weight excluding hydrogens is 220 g/mol. The van der Waals surface area contributed by atoms with Crippen molar-refractivity contribution in [2.45, 2.75) is 58.8 Å². The molecule has 1 heteroatoms. The van der Waals surface area contributed by atoms with E-state index in [2.05, 4.69) is 25.1 Å². The lowest BCUT2D eigenvalue weighted by Gasteiger charge is -2.20. The van der Waals surface area contributed by atoms with E-state index in [0.29, 0.717) is 0 Å². The summed E-state index contributed by atoms with van der Waals surface area (Å²) in [6, 6.07) is 6.25. The second-order valence-corrected chi connectivity index (χ2v) is 5.44. The molecule has 1 saturated carbocycles. The van der Waals surface area contributed by atoms with Crippen molar-refractivity contribution in [1.29, 1.82) is 0 Å². The average Bonchev–Trinajstić information content (AvgIpc) is 2.38. The Morgan fingerprint density at radius 3 is 2.33 bits per heavy atom. The van der Waals surface area contributed by atoms with Crippen LogP contribution in [-0.2, 0) is 0 Å². The molecule has 3 aliphatic rings. The van der Waals surface area contributed by atoms with Crippen molar-refractivity contribution in [3.63, 3.8) is 0 Å². The fourth-order valence-electron chi connectivity index (χ4n) is 2.91. The monoisotopic (exact) mass is 246 g/mol. The van der Waals surface area contributed by atoms with Crippen LogP contribution in [0.5, 0.6) is 5.75 Å². The Hall–Kier alpha value is -0.980. The first-order chi connectivity index (χ1) is 8.85. The van der Waals surface area contributed by atoms with Gasteiger partial charge in [-0.05, 0) is 24.1 Å². The van der Waals surface area contributed by atoms with Gasteiger partial charge in [-0.3, -0.25) is 0 Å². The molecule has 1 nitrogen and oxygen atoms in total. The van der Waals surface area contributed by atoms with E-state index >= 15 is 0 Å². The van der Waals surface area contributed by atoms with Gasteiger partial charge in [0.2, 0.25) is 0 Å². The Balaban J connectivity index is 0.000000134. The lowest BCUT2D eigenvalue weighted by Crippen LogP contribution is -2.04. The summed E-state index contributed by atoms with van der Waals surface area (Å²) in [6.07, 6.45) is 10.4. The molecule has 0 saturated heterocycles. The van der Waals surface area contributed by atoms with E-state index in [1.54, 1.807) is 0 Å². The van der Waals surface area contributed by atoms with Crippen LogP contribution < -0.4 is 4.74 Å². The van der Waals surface area contributed by atoms with Crippen molar-refractivity contribution in [3.05, 3.63) is 28.6 Å².